The maximum atomic E-state index is 13.8. The van der Waals surface area contributed by atoms with Crippen LogP contribution in [-0.2, 0) is 6.42 Å². The number of hydrogen-bond acceptors (Lipinski definition) is 3. The van der Waals surface area contributed by atoms with E-state index in [4.69, 9.17) is 4.42 Å². The van der Waals surface area contributed by atoms with E-state index in [9.17, 15) is 4.39 Å². The van der Waals surface area contributed by atoms with Crippen LogP contribution in [0.25, 0.3) is 11.0 Å². The fourth-order valence-electron chi connectivity index (χ4n) is 2.49. The van der Waals surface area contributed by atoms with Crippen LogP contribution in [0.1, 0.15) is 24.3 Å². The lowest BCUT2D eigenvalue weighted by Crippen LogP contribution is -2.22. The van der Waals surface area contributed by atoms with Crippen LogP contribution in [0.4, 0.5) is 4.39 Å². The summed E-state index contributed by atoms with van der Waals surface area (Å²) in [5.41, 5.74) is 1.49. The van der Waals surface area contributed by atoms with E-state index in [0.717, 1.165) is 29.7 Å². The Kier molecular flexibility index (Phi) is 3.97. The normalized spacial score (nSPS) is 12.7. The highest BCUT2D eigenvalue weighted by molar-refractivity contribution is 5.78. The molecule has 0 radical (unpaired) electrons. The van der Waals surface area contributed by atoms with Crippen LogP contribution in [0, 0.1) is 5.82 Å². The zero-order chi connectivity index (χ0) is 14.7. The van der Waals surface area contributed by atoms with Crippen LogP contribution in [0.3, 0.4) is 0 Å². The largest absolute Gasteiger partial charge is 0.456 e. The smallest absolute Gasteiger partial charge is 0.169 e. The minimum atomic E-state index is -0.321. The summed E-state index contributed by atoms with van der Waals surface area (Å²) in [6.07, 6.45) is 4.32. The van der Waals surface area contributed by atoms with Crippen molar-refractivity contribution in [1.29, 1.82) is 0 Å². The molecule has 108 valence electrons. The highest BCUT2D eigenvalue weighted by Gasteiger charge is 2.17. The second-order valence-corrected chi connectivity index (χ2v) is 4.98. The maximum absolute atomic E-state index is 13.8. The highest BCUT2D eigenvalue weighted by Crippen LogP contribution is 2.27. The molecule has 0 saturated carbocycles. The molecule has 1 N–H and O–H groups in total. The fraction of sp³-hybridized carbons (Fsp3) is 0.235. The first kappa shape index (κ1) is 13.8. The zero-order valence-electron chi connectivity index (χ0n) is 11.8. The Morgan fingerprint density at radius 3 is 2.76 bits per heavy atom. The molecule has 4 heteroatoms. The molecule has 3 aromatic rings. The van der Waals surface area contributed by atoms with Crippen molar-refractivity contribution in [2.75, 3.05) is 6.54 Å². The summed E-state index contributed by atoms with van der Waals surface area (Å²) >= 11 is 0. The Hall–Kier alpha value is -2.20. The van der Waals surface area contributed by atoms with Crippen molar-refractivity contribution in [2.45, 2.75) is 19.4 Å². The third-order valence-corrected chi connectivity index (χ3v) is 3.50. The number of aromatic nitrogens is 1. The van der Waals surface area contributed by atoms with Gasteiger partial charge in [0.15, 0.2) is 11.4 Å². The topological polar surface area (TPSA) is 38.1 Å². The van der Waals surface area contributed by atoms with Gasteiger partial charge in [-0.25, -0.2) is 4.39 Å². The number of halogens is 1. The van der Waals surface area contributed by atoms with E-state index >= 15 is 0 Å². The molecule has 0 amide bonds. The molecular formula is C17H17FN2O. The van der Waals surface area contributed by atoms with Crippen LogP contribution in [0.15, 0.2) is 53.2 Å². The molecule has 0 aliphatic rings. The SMILES string of the molecule is CCNC(Cc1ccncc1)c1cc2cccc(F)c2o1. The molecule has 0 saturated heterocycles. The highest BCUT2D eigenvalue weighted by atomic mass is 19.1. The van der Waals surface area contributed by atoms with E-state index in [2.05, 4.69) is 10.3 Å². The summed E-state index contributed by atoms with van der Waals surface area (Å²) in [4.78, 5) is 4.02. The molecule has 0 spiro atoms. The Bertz CT molecular complexity index is 724. The van der Waals surface area contributed by atoms with Crippen molar-refractivity contribution >= 4 is 11.0 Å². The van der Waals surface area contributed by atoms with Crippen molar-refractivity contribution < 1.29 is 8.81 Å². The van der Waals surface area contributed by atoms with Crippen LogP contribution >= 0.6 is 0 Å². The molecule has 2 heterocycles. The molecule has 1 unspecified atom stereocenters. The van der Waals surface area contributed by atoms with Crippen molar-refractivity contribution in [1.82, 2.24) is 10.3 Å². The number of furan rings is 1. The van der Waals surface area contributed by atoms with Gasteiger partial charge in [0.25, 0.3) is 0 Å². The molecule has 2 aromatic heterocycles. The monoisotopic (exact) mass is 284 g/mol. The Morgan fingerprint density at radius 1 is 1.24 bits per heavy atom. The van der Waals surface area contributed by atoms with Gasteiger partial charge in [-0.2, -0.15) is 0 Å². The molecular weight excluding hydrogens is 267 g/mol. The van der Waals surface area contributed by atoms with E-state index in [1.165, 1.54) is 6.07 Å². The standard InChI is InChI=1S/C17H17FN2O/c1-2-20-15(10-12-6-8-19-9-7-12)16-11-13-4-3-5-14(18)17(13)21-16/h3-9,11,15,20H,2,10H2,1H3. The molecule has 0 aliphatic heterocycles. The molecule has 3 rings (SSSR count). The van der Waals surface area contributed by atoms with Crippen molar-refractivity contribution in [3.05, 3.63) is 65.9 Å². The lowest BCUT2D eigenvalue weighted by Gasteiger charge is -2.15. The Balaban J connectivity index is 1.93. The number of benzene rings is 1. The molecule has 0 fully saturated rings. The summed E-state index contributed by atoms with van der Waals surface area (Å²) in [5.74, 6) is 0.437. The second kappa shape index (κ2) is 6.06. The summed E-state index contributed by atoms with van der Waals surface area (Å²) < 4.78 is 19.5. The van der Waals surface area contributed by atoms with E-state index in [1.54, 1.807) is 18.5 Å². The first-order chi connectivity index (χ1) is 10.3. The molecule has 0 aliphatic carbocycles. The van der Waals surface area contributed by atoms with Crippen LogP contribution in [0.2, 0.25) is 0 Å². The van der Waals surface area contributed by atoms with Crippen LogP contribution in [0.5, 0.6) is 0 Å². The number of nitrogens with one attached hydrogen (secondary N) is 1. The van der Waals surface area contributed by atoms with E-state index in [1.807, 2.05) is 31.2 Å². The molecule has 21 heavy (non-hydrogen) atoms. The van der Waals surface area contributed by atoms with Crippen molar-refractivity contribution in [3.8, 4) is 0 Å². The van der Waals surface area contributed by atoms with Gasteiger partial charge >= 0.3 is 0 Å². The van der Waals surface area contributed by atoms with Gasteiger partial charge in [-0.3, -0.25) is 4.98 Å². The Morgan fingerprint density at radius 2 is 2.05 bits per heavy atom. The number of rotatable bonds is 5. The Labute approximate surface area is 122 Å². The van der Waals surface area contributed by atoms with Gasteiger partial charge in [-0.05, 0) is 42.8 Å². The first-order valence-corrected chi connectivity index (χ1v) is 7.08. The van der Waals surface area contributed by atoms with Gasteiger partial charge in [-0.1, -0.05) is 19.1 Å². The summed E-state index contributed by atoms with van der Waals surface area (Å²) in [6, 6.07) is 10.9. The third-order valence-electron chi connectivity index (χ3n) is 3.50. The van der Waals surface area contributed by atoms with Crippen molar-refractivity contribution in [2.24, 2.45) is 0 Å². The third kappa shape index (κ3) is 2.95. The lowest BCUT2D eigenvalue weighted by atomic mass is 10.0. The average molecular weight is 284 g/mol. The number of para-hydroxylation sites is 1. The summed E-state index contributed by atoms with van der Waals surface area (Å²) in [5, 5.41) is 4.19. The minimum Gasteiger partial charge on any atom is -0.456 e. The van der Waals surface area contributed by atoms with Gasteiger partial charge < -0.3 is 9.73 Å². The van der Waals surface area contributed by atoms with Crippen molar-refractivity contribution in [3.63, 3.8) is 0 Å². The quantitative estimate of drug-likeness (QED) is 0.773. The minimum absolute atomic E-state index is 0.0178. The summed E-state index contributed by atoms with van der Waals surface area (Å²) in [6.45, 7) is 2.86. The second-order valence-electron chi connectivity index (χ2n) is 4.98. The predicted octanol–water partition coefficient (Wildman–Crippen LogP) is 3.86. The molecule has 1 aromatic carbocycles. The number of nitrogens with zero attached hydrogens (tertiary/aromatic N) is 1. The molecule has 0 bridgehead atoms. The van der Waals surface area contributed by atoms with E-state index < -0.39 is 0 Å². The van der Waals surface area contributed by atoms with E-state index in [-0.39, 0.29) is 11.9 Å². The number of fused-ring (bicyclic) bond motifs is 1. The van der Waals surface area contributed by atoms with Gasteiger partial charge in [0.2, 0.25) is 0 Å². The number of pyridine rings is 1. The zero-order valence-corrected chi connectivity index (χ0v) is 11.8. The van der Waals surface area contributed by atoms with Gasteiger partial charge in [-0.15, -0.1) is 0 Å². The van der Waals surface area contributed by atoms with Crippen LogP contribution < -0.4 is 5.32 Å². The van der Waals surface area contributed by atoms with Gasteiger partial charge in [0.05, 0.1) is 6.04 Å². The summed E-state index contributed by atoms with van der Waals surface area (Å²) in [7, 11) is 0. The average Bonchev–Trinajstić information content (AvgIpc) is 2.93. The van der Waals surface area contributed by atoms with Gasteiger partial charge in [0.1, 0.15) is 5.76 Å². The van der Waals surface area contributed by atoms with E-state index in [0.29, 0.717) is 5.58 Å². The fourth-order valence-corrected chi connectivity index (χ4v) is 2.49. The lowest BCUT2D eigenvalue weighted by molar-refractivity contribution is 0.427. The predicted molar refractivity (Wildman–Crippen MR) is 80.5 cm³/mol. The number of hydrogen-bond donors (Lipinski definition) is 1. The molecule has 1 atom stereocenters. The molecule has 3 nitrogen and oxygen atoms in total. The van der Waals surface area contributed by atoms with Gasteiger partial charge in [0, 0.05) is 17.8 Å². The number of likely N-dealkylation sites (N-methyl/N-ethyl adjacent to an activating group) is 1. The van der Waals surface area contributed by atoms with Crippen LogP contribution in [-0.4, -0.2) is 11.5 Å². The first-order valence-electron chi connectivity index (χ1n) is 7.08. The maximum Gasteiger partial charge on any atom is 0.169 e.